The number of epoxide rings is 1. The van der Waals surface area contributed by atoms with Crippen molar-refractivity contribution in [3.05, 3.63) is 46.5 Å². The summed E-state index contributed by atoms with van der Waals surface area (Å²) in [5, 5.41) is 17.2. The number of allylic oxidation sites excluding steroid dienone is 3. The molecule has 2 saturated heterocycles. The molecule has 3 aliphatic rings. The molecule has 0 radical (unpaired) electrons. The average molecular weight is 884 g/mol. The lowest BCUT2D eigenvalue weighted by Gasteiger charge is -2.42. The van der Waals surface area contributed by atoms with Crippen molar-refractivity contribution in [2.45, 2.75) is 133 Å². The number of anilines is 1. The van der Waals surface area contributed by atoms with Gasteiger partial charge in [0.15, 0.2) is 5.72 Å². The summed E-state index contributed by atoms with van der Waals surface area (Å²) in [6, 6.07) is 2.50. The third-order valence-electron chi connectivity index (χ3n) is 10.8. The van der Waals surface area contributed by atoms with Crippen LogP contribution >= 0.6 is 33.2 Å². The van der Waals surface area contributed by atoms with Crippen LogP contribution < -0.4 is 26.0 Å². The zero-order valence-corrected chi connectivity index (χ0v) is 37.6. The van der Waals surface area contributed by atoms with Crippen molar-refractivity contribution in [2.24, 2.45) is 11.7 Å². The smallest absolute Gasteiger partial charge is 0.409 e. The Morgan fingerprint density at radius 3 is 2.59 bits per heavy atom. The van der Waals surface area contributed by atoms with Crippen molar-refractivity contribution in [3.63, 3.8) is 0 Å². The zero-order valence-electron chi connectivity index (χ0n) is 35.3. The minimum absolute atomic E-state index is 0.0655. The van der Waals surface area contributed by atoms with E-state index >= 15 is 0 Å². The molecule has 4 rings (SSSR count). The lowest BCUT2D eigenvalue weighted by atomic mass is 9.83. The topological polar surface area (TPSA) is 208 Å². The summed E-state index contributed by atoms with van der Waals surface area (Å²) in [5.74, 6) is -1.36. The molecule has 15 nitrogen and oxygen atoms in total. The number of benzene rings is 1. The van der Waals surface area contributed by atoms with Gasteiger partial charge in [0.25, 0.3) is 0 Å². The second kappa shape index (κ2) is 20.4. The third-order valence-corrected chi connectivity index (χ3v) is 14.6. The summed E-state index contributed by atoms with van der Waals surface area (Å²) in [7, 11) is 7.70. The molecule has 1 aromatic rings. The van der Waals surface area contributed by atoms with Crippen LogP contribution in [0.5, 0.6) is 5.75 Å². The summed E-state index contributed by atoms with van der Waals surface area (Å²) >= 11 is 6.77. The molecule has 3 aliphatic heterocycles. The number of nitrogens with one attached hydrogen (secondary N) is 2. The zero-order chi connectivity index (χ0) is 43.9. The number of methoxy groups -OCH3 is 2. The highest BCUT2D eigenvalue weighted by molar-refractivity contribution is 8.77. The van der Waals surface area contributed by atoms with Crippen LogP contribution in [0.15, 0.2) is 35.9 Å². The van der Waals surface area contributed by atoms with Crippen LogP contribution in [0.25, 0.3) is 0 Å². The van der Waals surface area contributed by atoms with Crippen molar-refractivity contribution in [1.82, 2.24) is 10.6 Å². The number of nitrogens with two attached hydrogens (primary N) is 1. The molecular weight excluding hydrogens is 824 g/mol. The monoisotopic (exact) mass is 882 g/mol. The molecule has 0 saturated carbocycles. The van der Waals surface area contributed by atoms with Gasteiger partial charge in [0.1, 0.15) is 40.7 Å². The van der Waals surface area contributed by atoms with Crippen molar-refractivity contribution in [2.75, 3.05) is 31.9 Å². The summed E-state index contributed by atoms with van der Waals surface area (Å²) in [6.45, 7) is 11.0. The third kappa shape index (κ3) is 12.8. The van der Waals surface area contributed by atoms with E-state index < -0.39 is 65.7 Å². The molecule has 59 heavy (non-hydrogen) atoms. The van der Waals surface area contributed by atoms with Gasteiger partial charge in [0, 0.05) is 49.8 Å². The minimum atomic E-state index is -1.84. The molecule has 0 unspecified atom stereocenters. The number of ether oxygens (including phenoxy) is 5. The molecule has 1 aromatic carbocycles. The van der Waals surface area contributed by atoms with Crippen molar-refractivity contribution >= 4 is 68.7 Å². The maximum Gasteiger partial charge on any atom is 0.409 e. The fraction of sp³-hybridized carbons (Fsp3) is 0.634. The Bertz CT molecular complexity index is 1800. The Labute approximate surface area is 359 Å². The molecule has 18 heteroatoms. The number of alkyl carbamates (subject to hydrolysis) is 1. The van der Waals surface area contributed by atoms with Crippen LogP contribution in [0.3, 0.4) is 0 Å². The molecule has 328 valence electrons. The molecular formula is C41H59ClN4O11S2. The first-order valence-electron chi connectivity index (χ1n) is 19.6. The first-order chi connectivity index (χ1) is 27.6. The highest BCUT2D eigenvalue weighted by Gasteiger charge is 2.64. The van der Waals surface area contributed by atoms with Gasteiger partial charge in [-0.2, -0.15) is 0 Å². The van der Waals surface area contributed by atoms with E-state index in [0.29, 0.717) is 37.1 Å². The molecule has 4 amide bonds. The number of primary amides is 1. The van der Waals surface area contributed by atoms with Gasteiger partial charge in [-0.15, -0.1) is 0 Å². The Morgan fingerprint density at radius 1 is 1.22 bits per heavy atom. The Morgan fingerprint density at radius 2 is 1.93 bits per heavy atom. The van der Waals surface area contributed by atoms with Crippen LogP contribution in [-0.4, -0.2) is 108 Å². The Hall–Kier alpha value is -3.48. The number of hydrogen-bond donors (Lipinski definition) is 4. The minimum Gasteiger partial charge on any atom is -0.495 e. The highest BCUT2D eigenvalue weighted by atomic mass is 35.5. The Kier molecular flexibility index (Phi) is 16.7. The fourth-order valence-electron chi connectivity index (χ4n) is 7.18. The summed E-state index contributed by atoms with van der Waals surface area (Å²) < 4.78 is 29.0. The number of fused-ring (bicyclic) bond motifs is 5. The van der Waals surface area contributed by atoms with Crippen LogP contribution in [0, 0.1) is 5.92 Å². The molecule has 0 aromatic heterocycles. The van der Waals surface area contributed by atoms with E-state index in [0.717, 1.165) is 16.9 Å². The van der Waals surface area contributed by atoms with Crippen LogP contribution in [0.2, 0.25) is 5.02 Å². The van der Waals surface area contributed by atoms with E-state index in [1.807, 2.05) is 26.8 Å². The van der Waals surface area contributed by atoms with Gasteiger partial charge >= 0.3 is 12.1 Å². The largest absolute Gasteiger partial charge is 0.495 e. The number of amides is 4. The van der Waals surface area contributed by atoms with E-state index in [2.05, 4.69) is 10.6 Å². The van der Waals surface area contributed by atoms with Crippen LogP contribution in [0.4, 0.5) is 10.5 Å². The number of carbonyl (C=O) groups is 5. The van der Waals surface area contributed by atoms with Gasteiger partial charge < -0.3 is 44.7 Å². The van der Waals surface area contributed by atoms with Crippen molar-refractivity contribution < 1.29 is 52.8 Å². The van der Waals surface area contributed by atoms with Gasteiger partial charge in [0.2, 0.25) is 17.7 Å². The standard InChI is InChI=1S/C41H59ClN4O11S2/c1-23-12-10-13-30(54-9)41(52)22-29(55-38(51)45-41)24(2)36-40(6,57-36)31(21-34(49)46(7)27-19-26(18-23)20-28(53-8)35(27)42)56-37(50)25(3)44-33(48)15-16-39(4,5)59-58-17-11-14-32(43)47/h10,12-13,19-20,24-25,29-31,36,52H,11,14-18,21-22H2,1-9H3,(H2,43,47)(H,44,48)(H,45,51)/b13-10+,23-12+/t24-,25+,29+,30-,31+,36+,40+,41+/m1/s1. The molecule has 3 heterocycles. The van der Waals surface area contributed by atoms with Crippen LogP contribution in [-0.2, 0) is 44.5 Å². The van der Waals surface area contributed by atoms with E-state index in [4.69, 9.17) is 41.0 Å². The molecule has 2 fully saturated rings. The summed E-state index contributed by atoms with van der Waals surface area (Å²) in [6.07, 6.45) is 2.43. The van der Waals surface area contributed by atoms with Crippen molar-refractivity contribution in [1.29, 1.82) is 0 Å². The quantitative estimate of drug-likeness (QED) is 0.0803. The van der Waals surface area contributed by atoms with Crippen molar-refractivity contribution in [3.8, 4) is 5.75 Å². The van der Waals surface area contributed by atoms with Gasteiger partial charge in [-0.1, -0.05) is 63.9 Å². The maximum absolute atomic E-state index is 14.2. The molecule has 5 N–H and O–H groups in total. The average Bonchev–Trinajstić information content (AvgIpc) is 3.86. The SMILES string of the molecule is COc1cc2cc(c1Cl)N(C)C(=O)C[C@H](OC(=O)[C@H](C)NC(=O)CCC(C)(C)SSCCCC(N)=O)[C@]1(C)O[C@H]1[C@H](C)[C@@H]1C[C@@](O)(NC(=O)O1)[C@H](OC)/C=C/C=C(\C)C2. The Balaban J connectivity index is 1.59. The predicted molar refractivity (Wildman–Crippen MR) is 228 cm³/mol. The van der Waals surface area contributed by atoms with E-state index in [1.165, 1.54) is 26.0 Å². The van der Waals surface area contributed by atoms with Crippen LogP contribution in [0.1, 0.15) is 85.6 Å². The van der Waals surface area contributed by atoms with Gasteiger partial charge in [0.05, 0.1) is 25.3 Å². The number of esters is 1. The molecule has 4 bridgehead atoms. The number of aliphatic hydroxyl groups is 1. The fourth-order valence-corrected chi connectivity index (χ4v) is 10.2. The normalized spacial score (nSPS) is 29.4. The summed E-state index contributed by atoms with van der Waals surface area (Å²) in [4.78, 5) is 66.3. The first kappa shape index (κ1) is 48.2. The first-order valence-corrected chi connectivity index (χ1v) is 22.3. The van der Waals surface area contributed by atoms with Gasteiger partial charge in [-0.25, -0.2) is 9.59 Å². The van der Waals surface area contributed by atoms with E-state index in [-0.39, 0.29) is 40.8 Å². The molecule has 0 spiro atoms. The lowest BCUT2D eigenvalue weighted by Crippen LogP contribution is -2.63. The number of hydrogen-bond acceptors (Lipinski definition) is 13. The molecule has 8 atom stereocenters. The van der Waals surface area contributed by atoms with E-state index in [9.17, 15) is 29.1 Å². The van der Waals surface area contributed by atoms with Gasteiger partial charge in [-0.05, 0) is 71.6 Å². The number of carbonyl (C=O) groups excluding carboxylic acids is 5. The van der Waals surface area contributed by atoms with Gasteiger partial charge in [-0.3, -0.25) is 19.7 Å². The summed E-state index contributed by atoms with van der Waals surface area (Å²) in [5.41, 5.74) is 4.23. The second-order valence-electron chi connectivity index (χ2n) is 16.2. The number of rotatable bonds is 14. The molecule has 0 aliphatic carbocycles. The second-order valence-corrected chi connectivity index (χ2v) is 19.7. The number of halogens is 1. The predicted octanol–water partition coefficient (Wildman–Crippen LogP) is 5.38. The maximum atomic E-state index is 14.2. The van der Waals surface area contributed by atoms with E-state index in [1.54, 1.807) is 66.8 Å². The lowest BCUT2D eigenvalue weighted by molar-refractivity contribution is -0.157. The number of nitrogens with zero attached hydrogens (tertiary/aromatic N) is 1. The highest BCUT2D eigenvalue weighted by Crippen LogP contribution is 2.49.